The molecule has 0 radical (unpaired) electrons. The highest BCUT2D eigenvalue weighted by molar-refractivity contribution is 5.66. The van der Waals surface area contributed by atoms with Gasteiger partial charge < -0.3 is 9.64 Å². The highest BCUT2D eigenvalue weighted by atomic mass is 16.5. The van der Waals surface area contributed by atoms with E-state index in [1.165, 1.54) is 6.42 Å². The van der Waals surface area contributed by atoms with E-state index in [4.69, 9.17) is 4.74 Å². The van der Waals surface area contributed by atoms with Crippen molar-refractivity contribution in [2.24, 2.45) is 4.99 Å². The third-order valence-electron chi connectivity index (χ3n) is 2.72. The molecule has 26 heavy (non-hydrogen) atoms. The van der Waals surface area contributed by atoms with E-state index in [-0.39, 0.29) is 0 Å². The van der Waals surface area contributed by atoms with Crippen LogP contribution in [0.1, 0.15) is 40.5 Å². The molecule has 0 spiro atoms. The second-order valence-electron chi connectivity index (χ2n) is 5.18. The smallest absolute Gasteiger partial charge is 0.142 e. The maximum atomic E-state index is 9.92. The fourth-order valence-corrected chi connectivity index (χ4v) is 1.44. The SMILES string of the molecule is C=C/C=C(\C=C)N(C)CC=N/C=C\C.CC/C(=C/C=O)COC.CCC. The van der Waals surface area contributed by atoms with Crippen molar-refractivity contribution in [2.45, 2.75) is 40.5 Å². The van der Waals surface area contributed by atoms with E-state index in [9.17, 15) is 4.79 Å². The number of rotatable bonds is 10. The van der Waals surface area contributed by atoms with Crippen molar-refractivity contribution in [3.05, 3.63) is 61.0 Å². The first-order valence-corrected chi connectivity index (χ1v) is 8.93. The van der Waals surface area contributed by atoms with E-state index in [1.54, 1.807) is 31.5 Å². The van der Waals surface area contributed by atoms with Crippen molar-refractivity contribution in [2.75, 3.05) is 27.3 Å². The van der Waals surface area contributed by atoms with Gasteiger partial charge in [-0.25, -0.2) is 0 Å². The third kappa shape index (κ3) is 21.8. The van der Waals surface area contributed by atoms with Crippen LogP contribution in [-0.2, 0) is 9.53 Å². The summed E-state index contributed by atoms with van der Waals surface area (Å²) < 4.78 is 4.82. The van der Waals surface area contributed by atoms with Gasteiger partial charge in [-0.3, -0.25) is 9.79 Å². The van der Waals surface area contributed by atoms with Crippen LogP contribution in [0.5, 0.6) is 0 Å². The van der Waals surface area contributed by atoms with E-state index in [2.05, 4.69) is 32.0 Å². The normalized spacial score (nSPS) is 11.3. The lowest BCUT2D eigenvalue weighted by Crippen LogP contribution is -2.18. The quantitative estimate of drug-likeness (QED) is 0.227. The molecule has 0 atom stereocenters. The molecular formula is C22H38N2O2. The first kappa shape index (κ1) is 28.6. The standard InChI is InChI=1S/C12H18N2.C7H12O2.C3H8/c1-5-8-12(7-3)14(4)11-10-13-9-6-2;1-3-7(4-5-8)6-9-2;1-3-2/h5-10H,1,3,11H2,2,4H3;4-5H,3,6H2,1-2H3;3H2,1-2H3/b9-6-,12-8+,13-10?;7-4-;. The molecule has 0 N–H and O–H groups in total. The van der Waals surface area contributed by atoms with Crippen LogP contribution >= 0.6 is 0 Å². The van der Waals surface area contributed by atoms with Crippen LogP contribution < -0.4 is 0 Å². The molecule has 148 valence electrons. The van der Waals surface area contributed by atoms with Gasteiger partial charge in [-0.15, -0.1) is 0 Å². The summed E-state index contributed by atoms with van der Waals surface area (Å²) in [5.74, 6) is 0. The zero-order chi connectivity index (χ0) is 20.6. The van der Waals surface area contributed by atoms with Gasteiger partial charge >= 0.3 is 0 Å². The fourth-order valence-electron chi connectivity index (χ4n) is 1.44. The Balaban J connectivity index is -0.000000377. The van der Waals surface area contributed by atoms with Crippen molar-refractivity contribution >= 4 is 12.5 Å². The van der Waals surface area contributed by atoms with Gasteiger partial charge in [-0.1, -0.05) is 52.5 Å². The van der Waals surface area contributed by atoms with Crippen molar-refractivity contribution < 1.29 is 9.53 Å². The minimum atomic E-state index is 0.565. The molecule has 4 heteroatoms. The number of hydrogen-bond acceptors (Lipinski definition) is 4. The summed E-state index contributed by atoms with van der Waals surface area (Å²) in [6.07, 6.45) is 15.4. The summed E-state index contributed by atoms with van der Waals surface area (Å²) in [6, 6.07) is 0. The molecule has 0 rings (SSSR count). The molecule has 0 fully saturated rings. The molecule has 0 heterocycles. The lowest BCUT2D eigenvalue weighted by molar-refractivity contribution is -0.104. The predicted octanol–water partition coefficient (Wildman–Crippen LogP) is 5.36. The average Bonchev–Trinajstić information content (AvgIpc) is 2.64. The molecule has 0 aliphatic heterocycles. The minimum absolute atomic E-state index is 0.565. The Hall–Kier alpha value is -2.20. The largest absolute Gasteiger partial charge is 0.380 e. The van der Waals surface area contributed by atoms with Crippen LogP contribution in [-0.4, -0.2) is 44.7 Å². The number of carbonyl (C=O) groups excluding carboxylic acids is 1. The van der Waals surface area contributed by atoms with Crippen LogP contribution in [0.25, 0.3) is 0 Å². The first-order valence-electron chi connectivity index (χ1n) is 8.93. The maximum Gasteiger partial charge on any atom is 0.142 e. The lowest BCUT2D eigenvalue weighted by atomic mass is 10.2. The molecule has 0 amide bonds. The molecule has 0 aliphatic rings. The number of hydrogen-bond donors (Lipinski definition) is 0. The number of aldehydes is 1. The van der Waals surface area contributed by atoms with Crippen molar-refractivity contribution in [3.8, 4) is 0 Å². The summed E-state index contributed by atoms with van der Waals surface area (Å²) in [6.45, 7) is 16.9. The van der Waals surface area contributed by atoms with Crippen molar-refractivity contribution in [3.63, 3.8) is 0 Å². The van der Waals surface area contributed by atoms with Crippen LogP contribution in [0.15, 0.2) is 66.0 Å². The number of carbonyl (C=O) groups is 1. The number of allylic oxidation sites excluding steroid dienone is 5. The molecule has 0 unspecified atom stereocenters. The summed E-state index contributed by atoms with van der Waals surface area (Å²) in [5.41, 5.74) is 2.07. The van der Waals surface area contributed by atoms with Crippen LogP contribution in [0.4, 0.5) is 0 Å². The van der Waals surface area contributed by atoms with E-state index >= 15 is 0 Å². The van der Waals surface area contributed by atoms with Crippen molar-refractivity contribution in [1.82, 2.24) is 4.90 Å². The van der Waals surface area contributed by atoms with Gasteiger partial charge in [0, 0.05) is 32.3 Å². The number of nitrogens with zero attached hydrogens (tertiary/aromatic N) is 2. The van der Waals surface area contributed by atoms with Gasteiger partial charge in [-0.05, 0) is 37.1 Å². The number of methoxy groups -OCH3 is 1. The minimum Gasteiger partial charge on any atom is -0.380 e. The van der Waals surface area contributed by atoms with Gasteiger partial charge in [-0.2, -0.15) is 0 Å². The van der Waals surface area contributed by atoms with Gasteiger partial charge in [0.15, 0.2) is 0 Å². The number of aliphatic imine (C=N–C) groups is 1. The van der Waals surface area contributed by atoms with E-state index in [1.807, 2.05) is 44.2 Å². The topological polar surface area (TPSA) is 41.9 Å². The zero-order valence-corrected chi connectivity index (χ0v) is 17.6. The van der Waals surface area contributed by atoms with E-state index in [0.29, 0.717) is 6.61 Å². The van der Waals surface area contributed by atoms with E-state index in [0.717, 1.165) is 30.5 Å². The Kier molecular flexibility index (Phi) is 27.5. The van der Waals surface area contributed by atoms with Gasteiger partial charge in [0.05, 0.1) is 13.2 Å². The van der Waals surface area contributed by atoms with Gasteiger partial charge in [0.25, 0.3) is 0 Å². The molecule has 0 aromatic heterocycles. The van der Waals surface area contributed by atoms with Crippen LogP contribution in [0, 0.1) is 0 Å². The molecule has 0 aliphatic carbocycles. The molecule has 0 aromatic rings. The summed E-state index contributed by atoms with van der Waals surface area (Å²) in [7, 11) is 3.60. The predicted molar refractivity (Wildman–Crippen MR) is 117 cm³/mol. The van der Waals surface area contributed by atoms with Crippen LogP contribution in [0.3, 0.4) is 0 Å². The second kappa shape index (κ2) is 25.0. The fraction of sp³-hybridized carbons (Fsp3) is 0.455. The molecule has 0 aromatic carbocycles. The Morgan fingerprint density at radius 3 is 2.19 bits per heavy atom. The highest BCUT2D eigenvalue weighted by Gasteiger charge is 1.95. The van der Waals surface area contributed by atoms with Crippen molar-refractivity contribution in [1.29, 1.82) is 0 Å². The second-order valence-corrected chi connectivity index (χ2v) is 5.18. The summed E-state index contributed by atoms with van der Waals surface area (Å²) in [4.78, 5) is 16.0. The Labute approximate surface area is 161 Å². The molecule has 0 saturated heterocycles. The monoisotopic (exact) mass is 362 g/mol. The summed E-state index contributed by atoms with van der Waals surface area (Å²) >= 11 is 0. The maximum absolute atomic E-state index is 9.92. The Bertz CT molecular complexity index is 461. The highest BCUT2D eigenvalue weighted by Crippen LogP contribution is 2.01. The van der Waals surface area contributed by atoms with Gasteiger partial charge in [0.1, 0.15) is 6.29 Å². The van der Waals surface area contributed by atoms with E-state index < -0.39 is 0 Å². The van der Waals surface area contributed by atoms with Crippen LogP contribution in [0.2, 0.25) is 0 Å². The molecular weight excluding hydrogens is 324 g/mol. The Morgan fingerprint density at radius 1 is 1.19 bits per heavy atom. The molecule has 0 bridgehead atoms. The molecule has 0 saturated carbocycles. The zero-order valence-electron chi connectivity index (χ0n) is 17.6. The Morgan fingerprint density at radius 2 is 1.81 bits per heavy atom. The third-order valence-corrected chi connectivity index (χ3v) is 2.72. The number of ether oxygens (including phenoxy) is 1. The molecule has 4 nitrogen and oxygen atoms in total. The first-order chi connectivity index (χ1) is 12.5. The lowest BCUT2D eigenvalue weighted by Gasteiger charge is -2.16. The summed E-state index contributed by atoms with van der Waals surface area (Å²) in [5, 5.41) is 0. The number of likely N-dealkylation sites (N-methyl/N-ethyl adjacent to an activating group) is 1. The average molecular weight is 363 g/mol. The van der Waals surface area contributed by atoms with Gasteiger partial charge in [0.2, 0.25) is 0 Å².